The van der Waals surface area contributed by atoms with Crippen LogP contribution < -0.4 is 0 Å². The smallest absolute Gasteiger partial charge is 0.306 e. The first kappa shape index (κ1) is 57.1. The van der Waals surface area contributed by atoms with Crippen molar-refractivity contribution in [3.05, 3.63) is 60.8 Å². The van der Waals surface area contributed by atoms with Crippen LogP contribution in [0.1, 0.15) is 245 Å². The zero-order valence-corrected chi connectivity index (χ0v) is 39.5. The van der Waals surface area contributed by atoms with Gasteiger partial charge in [0.2, 0.25) is 0 Å². The first-order valence-electron chi connectivity index (χ1n) is 25.3. The van der Waals surface area contributed by atoms with Gasteiger partial charge in [-0.1, -0.05) is 204 Å². The number of hydrogen-bond donors (Lipinski definition) is 0. The van der Waals surface area contributed by atoms with Crippen molar-refractivity contribution in [3.8, 4) is 0 Å². The minimum atomic E-state index is -0.785. The lowest BCUT2D eigenvalue weighted by Gasteiger charge is -2.18. The van der Waals surface area contributed by atoms with Gasteiger partial charge in [-0.15, -0.1) is 0 Å². The molecule has 0 amide bonds. The monoisotopic (exact) mass is 839 g/mol. The van der Waals surface area contributed by atoms with E-state index in [-0.39, 0.29) is 31.1 Å². The maximum absolute atomic E-state index is 12.8. The van der Waals surface area contributed by atoms with E-state index >= 15 is 0 Å². The third kappa shape index (κ3) is 46.2. The van der Waals surface area contributed by atoms with Crippen LogP contribution in [0.25, 0.3) is 0 Å². The van der Waals surface area contributed by atoms with Crippen LogP contribution in [0.5, 0.6) is 0 Å². The van der Waals surface area contributed by atoms with Crippen LogP contribution in [-0.4, -0.2) is 37.2 Å². The van der Waals surface area contributed by atoms with Gasteiger partial charge in [-0.05, 0) is 83.5 Å². The second-order valence-corrected chi connectivity index (χ2v) is 16.7. The van der Waals surface area contributed by atoms with E-state index in [1.165, 1.54) is 122 Å². The van der Waals surface area contributed by atoms with Gasteiger partial charge in [-0.25, -0.2) is 0 Å². The maximum atomic E-state index is 12.8. The third-order valence-corrected chi connectivity index (χ3v) is 10.8. The predicted molar refractivity (Wildman–Crippen MR) is 256 cm³/mol. The summed E-state index contributed by atoms with van der Waals surface area (Å²) in [6.07, 6.45) is 59.1. The fraction of sp³-hybridized carbons (Fsp3) is 0.759. The lowest BCUT2D eigenvalue weighted by molar-refractivity contribution is -0.167. The van der Waals surface area contributed by atoms with Gasteiger partial charge in [-0.3, -0.25) is 14.4 Å². The molecule has 60 heavy (non-hydrogen) atoms. The van der Waals surface area contributed by atoms with E-state index in [0.29, 0.717) is 19.3 Å². The van der Waals surface area contributed by atoms with Gasteiger partial charge < -0.3 is 14.2 Å². The largest absolute Gasteiger partial charge is 0.462 e. The molecule has 1 unspecified atom stereocenters. The summed E-state index contributed by atoms with van der Waals surface area (Å²) in [6, 6.07) is 0. The minimum absolute atomic E-state index is 0.0860. The number of carbonyl (C=O) groups is 3. The Kier molecular flexibility index (Phi) is 46.4. The van der Waals surface area contributed by atoms with Gasteiger partial charge in [0.05, 0.1) is 0 Å². The quantitative estimate of drug-likeness (QED) is 0.0200. The Morgan fingerprint density at radius 2 is 0.683 bits per heavy atom. The molecule has 0 rings (SSSR count). The van der Waals surface area contributed by atoms with Gasteiger partial charge in [-0.2, -0.15) is 0 Å². The molecule has 0 aromatic carbocycles. The highest BCUT2D eigenvalue weighted by atomic mass is 16.6. The van der Waals surface area contributed by atoms with E-state index in [4.69, 9.17) is 14.2 Å². The first-order chi connectivity index (χ1) is 29.5. The van der Waals surface area contributed by atoms with E-state index in [2.05, 4.69) is 81.5 Å². The molecule has 0 bridgehead atoms. The zero-order chi connectivity index (χ0) is 43.7. The van der Waals surface area contributed by atoms with Crippen LogP contribution >= 0.6 is 0 Å². The molecule has 1 atom stereocenters. The molecule has 0 aromatic rings. The van der Waals surface area contributed by atoms with Crippen molar-refractivity contribution in [3.63, 3.8) is 0 Å². The molecule has 0 spiro atoms. The summed E-state index contributed by atoms with van der Waals surface area (Å²) in [5.41, 5.74) is 0. The van der Waals surface area contributed by atoms with E-state index in [1.807, 2.05) is 0 Å². The van der Waals surface area contributed by atoms with Crippen LogP contribution in [0.2, 0.25) is 0 Å². The molecule has 0 radical (unpaired) electrons. The average Bonchev–Trinajstić information content (AvgIpc) is 3.24. The Labute approximate surface area is 370 Å². The molecule has 0 aliphatic carbocycles. The summed E-state index contributed by atoms with van der Waals surface area (Å²) in [6.45, 7) is 6.45. The summed E-state index contributed by atoms with van der Waals surface area (Å²) in [7, 11) is 0. The molecule has 6 heteroatoms. The Balaban J connectivity index is 4.39. The van der Waals surface area contributed by atoms with Crippen LogP contribution in [0, 0.1) is 0 Å². The van der Waals surface area contributed by atoms with Gasteiger partial charge >= 0.3 is 17.9 Å². The minimum Gasteiger partial charge on any atom is -0.462 e. The maximum Gasteiger partial charge on any atom is 0.306 e. The van der Waals surface area contributed by atoms with Crippen LogP contribution in [0.15, 0.2) is 60.8 Å². The molecule has 0 heterocycles. The number of esters is 3. The summed E-state index contributed by atoms with van der Waals surface area (Å²) in [5.74, 6) is -0.914. The van der Waals surface area contributed by atoms with E-state index in [9.17, 15) is 14.4 Å². The Bertz CT molecular complexity index is 1100. The summed E-state index contributed by atoms with van der Waals surface area (Å²) < 4.78 is 16.8. The van der Waals surface area contributed by atoms with Gasteiger partial charge in [0.25, 0.3) is 0 Å². The van der Waals surface area contributed by atoms with E-state index in [0.717, 1.165) is 83.5 Å². The SMILES string of the molecule is CC\C=C/C=C\C=C/CCCCCCCCCC(=O)OC(COC(=O)CCCCCCC/C=C\CCCC)COC(=O)CCCCCCC/C=C\CCCCCCCCC. The molecule has 0 N–H and O–H groups in total. The van der Waals surface area contributed by atoms with Crippen molar-refractivity contribution >= 4 is 17.9 Å². The van der Waals surface area contributed by atoms with E-state index < -0.39 is 6.10 Å². The molecule has 0 aromatic heterocycles. The third-order valence-electron chi connectivity index (χ3n) is 10.8. The number of rotatable bonds is 45. The highest BCUT2D eigenvalue weighted by Gasteiger charge is 2.19. The molecule has 0 saturated heterocycles. The summed E-state index contributed by atoms with van der Waals surface area (Å²) in [5, 5.41) is 0. The summed E-state index contributed by atoms with van der Waals surface area (Å²) in [4.78, 5) is 37.9. The molecule has 6 nitrogen and oxygen atoms in total. The number of hydrogen-bond acceptors (Lipinski definition) is 6. The highest BCUT2D eigenvalue weighted by Crippen LogP contribution is 2.14. The number of allylic oxidation sites excluding steroid dienone is 10. The van der Waals surface area contributed by atoms with Crippen LogP contribution in [0.4, 0.5) is 0 Å². The van der Waals surface area contributed by atoms with Crippen molar-refractivity contribution < 1.29 is 28.6 Å². The van der Waals surface area contributed by atoms with E-state index in [1.54, 1.807) is 0 Å². The van der Waals surface area contributed by atoms with Crippen molar-refractivity contribution in [1.82, 2.24) is 0 Å². The molecule has 0 fully saturated rings. The van der Waals surface area contributed by atoms with Crippen molar-refractivity contribution in [2.45, 2.75) is 252 Å². The topological polar surface area (TPSA) is 78.9 Å². The van der Waals surface area contributed by atoms with Crippen LogP contribution in [-0.2, 0) is 28.6 Å². The number of unbranched alkanes of at least 4 members (excludes halogenated alkanes) is 26. The second-order valence-electron chi connectivity index (χ2n) is 16.7. The molecule has 0 aliphatic rings. The molecule has 0 saturated carbocycles. The number of ether oxygens (including phenoxy) is 3. The molecule has 0 aliphatic heterocycles. The zero-order valence-electron chi connectivity index (χ0n) is 39.5. The number of carbonyl (C=O) groups excluding carboxylic acids is 3. The summed E-state index contributed by atoms with van der Waals surface area (Å²) >= 11 is 0. The van der Waals surface area contributed by atoms with Gasteiger partial charge in [0.1, 0.15) is 13.2 Å². The average molecular weight is 839 g/mol. The molecular formula is C54H94O6. The molecular weight excluding hydrogens is 745 g/mol. The van der Waals surface area contributed by atoms with Gasteiger partial charge in [0.15, 0.2) is 6.10 Å². The van der Waals surface area contributed by atoms with Crippen LogP contribution in [0.3, 0.4) is 0 Å². The normalized spacial score (nSPS) is 12.5. The highest BCUT2D eigenvalue weighted by molar-refractivity contribution is 5.71. The van der Waals surface area contributed by atoms with Gasteiger partial charge in [0, 0.05) is 19.3 Å². The first-order valence-corrected chi connectivity index (χ1v) is 25.3. The lowest BCUT2D eigenvalue weighted by atomic mass is 10.1. The standard InChI is InChI=1S/C54H94O6/c1-4-7-10-13-16-19-22-24-26-28-29-32-35-38-41-44-47-53(56)59-50-51(49-58-52(55)46-43-40-37-34-31-21-18-15-12-9-6-3)60-54(57)48-45-42-39-36-33-30-27-25-23-20-17-14-11-8-5-2/h8,11,14-15,17-18,20,23,26,28,51H,4-7,9-10,12-13,16,19,21-22,24-25,27,29-50H2,1-3H3/b11-8-,17-14-,18-15-,23-20-,28-26-. The fourth-order valence-electron chi connectivity index (χ4n) is 6.95. The Morgan fingerprint density at radius 3 is 1.10 bits per heavy atom. The second kappa shape index (κ2) is 48.8. The Morgan fingerprint density at radius 1 is 0.350 bits per heavy atom. The van der Waals surface area contributed by atoms with Crippen molar-refractivity contribution in [2.24, 2.45) is 0 Å². The Hall–Kier alpha value is -2.89. The molecule has 346 valence electrons. The van der Waals surface area contributed by atoms with Crippen molar-refractivity contribution in [2.75, 3.05) is 13.2 Å². The lowest BCUT2D eigenvalue weighted by Crippen LogP contribution is -2.30. The predicted octanol–water partition coefficient (Wildman–Crippen LogP) is 16.5. The van der Waals surface area contributed by atoms with Crippen molar-refractivity contribution in [1.29, 1.82) is 0 Å². The fourth-order valence-corrected chi connectivity index (χ4v) is 6.95.